The van der Waals surface area contributed by atoms with Crippen LogP contribution in [0.15, 0.2) is 53.0 Å². The summed E-state index contributed by atoms with van der Waals surface area (Å²) in [5.41, 5.74) is 3.56. The largest absolute Gasteiger partial charge is 0.372 e. The summed E-state index contributed by atoms with van der Waals surface area (Å²) < 4.78 is 1.06. The standard InChI is InChI=1S/C19H24BrN3S/c1-3-23(18-11-5-15(2)6-12-18)14-4-13-21-19(24)22-17-9-7-16(20)8-10-17/h5-12H,3-4,13-14H2,1-2H3,(H2,21,22,24). The third-order valence-electron chi connectivity index (χ3n) is 3.77. The Balaban J connectivity index is 1.72. The van der Waals surface area contributed by atoms with Crippen LogP contribution in [0.25, 0.3) is 0 Å². The number of aryl methyl sites for hydroxylation is 1. The third-order valence-corrected chi connectivity index (χ3v) is 4.55. The molecule has 0 aliphatic carbocycles. The topological polar surface area (TPSA) is 27.3 Å². The van der Waals surface area contributed by atoms with E-state index in [2.05, 4.69) is 69.6 Å². The molecule has 2 N–H and O–H groups in total. The Labute approximate surface area is 158 Å². The van der Waals surface area contributed by atoms with Crippen molar-refractivity contribution < 1.29 is 0 Å². The summed E-state index contributed by atoms with van der Waals surface area (Å²) in [5.74, 6) is 0. The molecule has 2 aromatic rings. The first kappa shape index (κ1) is 18.7. The van der Waals surface area contributed by atoms with Gasteiger partial charge in [0.1, 0.15) is 0 Å². The van der Waals surface area contributed by atoms with Gasteiger partial charge in [-0.2, -0.15) is 0 Å². The average molecular weight is 406 g/mol. The zero-order chi connectivity index (χ0) is 17.4. The zero-order valence-corrected chi connectivity index (χ0v) is 16.6. The van der Waals surface area contributed by atoms with Crippen LogP contribution >= 0.6 is 28.1 Å². The number of hydrogen-bond donors (Lipinski definition) is 2. The molecule has 128 valence electrons. The number of nitrogens with one attached hydrogen (secondary N) is 2. The maximum absolute atomic E-state index is 5.34. The van der Waals surface area contributed by atoms with E-state index >= 15 is 0 Å². The van der Waals surface area contributed by atoms with Gasteiger partial charge in [-0.3, -0.25) is 0 Å². The molecule has 0 bridgehead atoms. The Morgan fingerprint density at radius 1 is 1.08 bits per heavy atom. The number of nitrogens with zero attached hydrogens (tertiary/aromatic N) is 1. The lowest BCUT2D eigenvalue weighted by atomic mass is 10.2. The number of anilines is 2. The second-order valence-electron chi connectivity index (χ2n) is 5.66. The summed E-state index contributed by atoms with van der Waals surface area (Å²) in [7, 11) is 0. The van der Waals surface area contributed by atoms with Crippen molar-refractivity contribution in [3.63, 3.8) is 0 Å². The van der Waals surface area contributed by atoms with E-state index in [9.17, 15) is 0 Å². The van der Waals surface area contributed by atoms with Gasteiger partial charge in [0.15, 0.2) is 5.11 Å². The quantitative estimate of drug-likeness (QED) is 0.502. The molecule has 0 aromatic heterocycles. The van der Waals surface area contributed by atoms with Gasteiger partial charge >= 0.3 is 0 Å². The SMILES string of the molecule is CCN(CCCNC(=S)Nc1ccc(Br)cc1)c1ccc(C)cc1. The number of hydrogen-bond acceptors (Lipinski definition) is 2. The van der Waals surface area contributed by atoms with Crippen LogP contribution in [-0.4, -0.2) is 24.7 Å². The predicted molar refractivity (Wildman–Crippen MR) is 112 cm³/mol. The molecule has 0 saturated carbocycles. The van der Waals surface area contributed by atoms with Gasteiger partial charge in [0.2, 0.25) is 0 Å². The molecule has 0 saturated heterocycles. The monoisotopic (exact) mass is 405 g/mol. The Kier molecular flexibility index (Phi) is 7.53. The highest BCUT2D eigenvalue weighted by atomic mass is 79.9. The summed E-state index contributed by atoms with van der Waals surface area (Å²) in [6.07, 6.45) is 1.03. The van der Waals surface area contributed by atoms with Gasteiger partial charge in [0.05, 0.1) is 0 Å². The van der Waals surface area contributed by atoms with Crippen LogP contribution in [0.5, 0.6) is 0 Å². The van der Waals surface area contributed by atoms with E-state index in [1.54, 1.807) is 0 Å². The average Bonchev–Trinajstić information content (AvgIpc) is 2.58. The Morgan fingerprint density at radius 2 is 1.75 bits per heavy atom. The first-order valence-electron chi connectivity index (χ1n) is 8.20. The summed E-state index contributed by atoms with van der Waals surface area (Å²) in [6, 6.07) is 16.7. The van der Waals surface area contributed by atoms with Crippen molar-refractivity contribution in [2.75, 3.05) is 29.9 Å². The molecule has 0 atom stereocenters. The summed E-state index contributed by atoms with van der Waals surface area (Å²) in [4.78, 5) is 2.38. The van der Waals surface area contributed by atoms with E-state index in [-0.39, 0.29) is 0 Å². The fourth-order valence-electron chi connectivity index (χ4n) is 2.41. The van der Waals surface area contributed by atoms with Crippen molar-refractivity contribution in [1.82, 2.24) is 5.32 Å². The molecule has 0 amide bonds. The highest BCUT2D eigenvalue weighted by molar-refractivity contribution is 9.10. The van der Waals surface area contributed by atoms with Gasteiger partial charge in [0, 0.05) is 35.5 Å². The lowest BCUT2D eigenvalue weighted by molar-refractivity contribution is 0.726. The molecule has 0 radical (unpaired) electrons. The van der Waals surface area contributed by atoms with Crippen LogP contribution < -0.4 is 15.5 Å². The molecule has 2 aromatic carbocycles. The molecular formula is C19H24BrN3S. The van der Waals surface area contributed by atoms with E-state index in [1.165, 1.54) is 11.3 Å². The van der Waals surface area contributed by atoms with Gasteiger partial charge in [-0.05, 0) is 68.9 Å². The molecule has 5 heteroatoms. The smallest absolute Gasteiger partial charge is 0.170 e. The Bertz CT molecular complexity index is 641. The first-order chi connectivity index (χ1) is 11.6. The molecule has 0 unspecified atom stereocenters. The highest BCUT2D eigenvalue weighted by Crippen LogP contribution is 2.15. The van der Waals surface area contributed by atoms with Gasteiger partial charge in [-0.1, -0.05) is 33.6 Å². The number of halogens is 1. The van der Waals surface area contributed by atoms with E-state index in [1.807, 2.05) is 24.3 Å². The fourth-order valence-corrected chi connectivity index (χ4v) is 2.89. The highest BCUT2D eigenvalue weighted by Gasteiger charge is 2.04. The summed E-state index contributed by atoms with van der Waals surface area (Å²) in [6.45, 7) is 7.17. The van der Waals surface area contributed by atoms with Crippen LogP contribution in [0.3, 0.4) is 0 Å². The summed E-state index contributed by atoms with van der Waals surface area (Å²) >= 11 is 8.76. The second-order valence-corrected chi connectivity index (χ2v) is 6.98. The molecular weight excluding hydrogens is 382 g/mol. The molecule has 2 rings (SSSR count). The lowest BCUT2D eigenvalue weighted by Gasteiger charge is -2.23. The van der Waals surface area contributed by atoms with E-state index in [0.717, 1.165) is 36.2 Å². The van der Waals surface area contributed by atoms with Crippen molar-refractivity contribution >= 4 is 44.6 Å². The Hall–Kier alpha value is -1.59. The molecule has 24 heavy (non-hydrogen) atoms. The lowest BCUT2D eigenvalue weighted by Crippen LogP contribution is -2.32. The maximum atomic E-state index is 5.34. The van der Waals surface area contributed by atoms with Crippen LogP contribution in [0.1, 0.15) is 18.9 Å². The van der Waals surface area contributed by atoms with Crippen LogP contribution in [0, 0.1) is 6.92 Å². The number of thiocarbonyl (C=S) groups is 1. The normalized spacial score (nSPS) is 10.3. The third kappa shape index (κ3) is 6.13. The van der Waals surface area contributed by atoms with Gasteiger partial charge < -0.3 is 15.5 Å². The fraction of sp³-hybridized carbons (Fsp3) is 0.316. The molecule has 0 heterocycles. The first-order valence-corrected chi connectivity index (χ1v) is 9.40. The summed E-state index contributed by atoms with van der Waals surface area (Å²) in [5, 5.41) is 7.13. The van der Waals surface area contributed by atoms with Crippen molar-refractivity contribution in [1.29, 1.82) is 0 Å². The Morgan fingerprint density at radius 3 is 2.38 bits per heavy atom. The predicted octanol–water partition coefficient (Wildman–Crippen LogP) is 4.96. The molecule has 0 aliphatic heterocycles. The van der Waals surface area contributed by atoms with Crippen molar-refractivity contribution in [3.8, 4) is 0 Å². The van der Waals surface area contributed by atoms with Crippen LogP contribution in [0.2, 0.25) is 0 Å². The minimum atomic E-state index is 0.663. The van der Waals surface area contributed by atoms with Crippen molar-refractivity contribution in [2.24, 2.45) is 0 Å². The van der Waals surface area contributed by atoms with E-state index in [4.69, 9.17) is 12.2 Å². The minimum absolute atomic E-state index is 0.663. The molecule has 0 aliphatic rings. The van der Waals surface area contributed by atoms with Crippen LogP contribution in [-0.2, 0) is 0 Å². The van der Waals surface area contributed by atoms with Crippen molar-refractivity contribution in [3.05, 3.63) is 58.6 Å². The van der Waals surface area contributed by atoms with Gasteiger partial charge in [0.25, 0.3) is 0 Å². The molecule has 0 fully saturated rings. The number of rotatable bonds is 7. The van der Waals surface area contributed by atoms with E-state index < -0.39 is 0 Å². The molecule has 0 spiro atoms. The second kappa shape index (κ2) is 9.64. The van der Waals surface area contributed by atoms with Gasteiger partial charge in [-0.25, -0.2) is 0 Å². The zero-order valence-electron chi connectivity index (χ0n) is 14.2. The number of benzene rings is 2. The maximum Gasteiger partial charge on any atom is 0.170 e. The van der Waals surface area contributed by atoms with E-state index in [0.29, 0.717) is 5.11 Å². The van der Waals surface area contributed by atoms with Crippen molar-refractivity contribution in [2.45, 2.75) is 20.3 Å². The molecule has 3 nitrogen and oxygen atoms in total. The minimum Gasteiger partial charge on any atom is -0.372 e. The van der Waals surface area contributed by atoms with Gasteiger partial charge in [-0.15, -0.1) is 0 Å². The van der Waals surface area contributed by atoms with Crippen LogP contribution in [0.4, 0.5) is 11.4 Å².